The van der Waals surface area contributed by atoms with Gasteiger partial charge in [-0.15, -0.1) is 12.4 Å². The number of benzene rings is 1. The van der Waals surface area contributed by atoms with E-state index in [9.17, 15) is 14.9 Å². The van der Waals surface area contributed by atoms with E-state index < -0.39 is 10.9 Å². The van der Waals surface area contributed by atoms with Crippen LogP contribution >= 0.6 is 12.4 Å². The van der Waals surface area contributed by atoms with Crippen LogP contribution in [0.3, 0.4) is 0 Å². The van der Waals surface area contributed by atoms with Gasteiger partial charge in [0.05, 0.1) is 10.8 Å². The molecule has 1 aromatic carbocycles. The topological polar surface area (TPSA) is 92.9 Å². The zero-order valence-corrected chi connectivity index (χ0v) is 12.8. The number of hydrogen-bond acceptors (Lipinski definition) is 5. The number of rotatable bonds is 6. The first-order valence-corrected chi connectivity index (χ1v) is 6.89. The summed E-state index contributed by atoms with van der Waals surface area (Å²) in [6.45, 7) is 2.43. The molecule has 1 aliphatic rings. The number of hydrogen-bond donors (Lipinski definition) is 1. The largest absolute Gasteiger partial charge is 0.485 e. The number of ether oxygens (including phenoxy) is 1. The van der Waals surface area contributed by atoms with Gasteiger partial charge in [-0.1, -0.05) is 12.1 Å². The maximum Gasteiger partial charge on any atom is 0.310 e. The predicted octanol–water partition coefficient (Wildman–Crippen LogP) is 2.19. The Bertz CT molecular complexity index is 518. The summed E-state index contributed by atoms with van der Waals surface area (Å²) in [5.74, 6) is -0.717. The number of para-hydroxylation sites is 2. The Labute approximate surface area is 134 Å². The lowest BCUT2D eigenvalue weighted by Crippen LogP contribution is -2.38. The molecule has 1 fully saturated rings. The number of carboxylic acids is 1. The minimum Gasteiger partial charge on any atom is -0.485 e. The van der Waals surface area contributed by atoms with Crippen LogP contribution < -0.4 is 4.74 Å². The zero-order valence-electron chi connectivity index (χ0n) is 12.0. The van der Waals surface area contributed by atoms with Crippen molar-refractivity contribution in [2.75, 3.05) is 26.2 Å². The fourth-order valence-corrected chi connectivity index (χ4v) is 2.42. The molecule has 7 nitrogen and oxygen atoms in total. The van der Waals surface area contributed by atoms with Crippen LogP contribution in [0.5, 0.6) is 5.75 Å². The monoisotopic (exact) mass is 330 g/mol. The molecule has 0 atom stereocenters. The summed E-state index contributed by atoms with van der Waals surface area (Å²) < 4.78 is 5.48. The van der Waals surface area contributed by atoms with E-state index in [1.165, 1.54) is 6.07 Å². The van der Waals surface area contributed by atoms with Crippen LogP contribution in [0.2, 0.25) is 0 Å². The summed E-state index contributed by atoms with van der Waals surface area (Å²) in [5, 5.41) is 19.8. The quantitative estimate of drug-likeness (QED) is 0.635. The van der Waals surface area contributed by atoms with Crippen LogP contribution in [0, 0.1) is 16.0 Å². The van der Waals surface area contributed by atoms with Crippen molar-refractivity contribution in [1.82, 2.24) is 4.90 Å². The lowest BCUT2D eigenvalue weighted by Gasteiger charge is -2.29. The Hall–Kier alpha value is -1.86. The summed E-state index contributed by atoms with van der Waals surface area (Å²) in [6.07, 6.45) is 1.28. The van der Waals surface area contributed by atoms with Gasteiger partial charge in [0.2, 0.25) is 0 Å². The molecule has 0 aromatic heterocycles. The molecule has 1 heterocycles. The third-order valence-electron chi connectivity index (χ3n) is 3.66. The van der Waals surface area contributed by atoms with E-state index >= 15 is 0 Å². The molecule has 1 aromatic rings. The Morgan fingerprint density at radius 1 is 1.36 bits per heavy atom. The van der Waals surface area contributed by atoms with Crippen molar-refractivity contribution in [3.63, 3.8) is 0 Å². The highest BCUT2D eigenvalue weighted by molar-refractivity contribution is 5.85. The molecule has 1 saturated heterocycles. The lowest BCUT2D eigenvalue weighted by atomic mass is 9.97. The highest BCUT2D eigenvalue weighted by Crippen LogP contribution is 2.25. The average Bonchev–Trinajstić information content (AvgIpc) is 2.48. The summed E-state index contributed by atoms with van der Waals surface area (Å²) in [7, 11) is 0. The Morgan fingerprint density at radius 3 is 2.59 bits per heavy atom. The second kappa shape index (κ2) is 8.55. The fourth-order valence-electron chi connectivity index (χ4n) is 2.42. The molecule has 1 N–H and O–H groups in total. The summed E-state index contributed by atoms with van der Waals surface area (Å²) in [4.78, 5) is 23.4. The molecule has 1 aliphatic heterocycles. The minimum atomic E-state index is -0.731. The molecule has 0 saturated carbocycles. The van der Waals surface area contributed by atoms with Gasteiger partial charge >= 0.3 is 11.7 Å². The number of carboxylic acid groups (broad SMARTS) is 1. The van der Waals surface area contributed by atoms with E-state index in [-0.39, 0.29) is 29.8 Å². The van der Waals surface area contributed by atoms with Gasteiger partial charge in [-0.25, -0.2) is 0 Å². The van der Waals surface area contributed by atoms with Gasteiger partial charge in [-0.2, -0.15) is 0 Å². The van der Waals surface area contributed by atoms with Crippen molar-refractivity contribution < 1.29 is 19.6 Å². The van der Waals surface area contributed by atoms with Crippen LogP contribution in [0.4, 0.5) is 5.69 Å². The SMILES string of the molecule is Cl.O=C(O)C1CCN(CCOc2ccccc2[N+](=O)[O-])CC1. The number of nitro groups is 1. The smallest absolute Gasteiger partial charge is 0.310 e. The van der Waals surface area contributed by atoms with Crippen LogP contribution in [0.15, 0.2) is 24.3 Å². The molecule has 0 spiro atoms. The first-order valence-electron chi connectivity index (χ1n) is 6.89. The second-order valence-corrected chi connectivity index (χ2v) is 5.03. The molecule has 2 rings (SSSR count). The number of halogens is 1. The maximum absolute atomic E-state index is 10.9. The van der Waals surface area contributed by atoms with Gasteiger partial charge in [0.25, 0.3) is 0 Å². The molecular formula is C14H19ClN2O5. The van der Waals surface area contributed by atoms with Crippen LogP contribution in [-0.2, 0) is 4.79 Å². The number of aliphatic carboxylic acids is 1. The molecule has 122 valence electrons. The number of nitro benzene ring substituents is 1. The zero-order chi connectivity index (χ0) is 15.2. The highest BCUT2D eigenvalue weighted by atomic mass is 35.5. The normalized spacial score (nSPS) is 15.8. The van der Waals surface area contributed by atoms with Crippen molar-refractivity contribution in [3.05, 3.63) is 34.4 Å². The third kappa shape index (κ3) is 4.85. The van der Waals surface area contributed by atoms with Gasteiger partial charge in [-0.05, 0) is 32.0 Å². The van der Waals surface area contributed by atoms with Crippen LogP contribution in [-0.4, -0.2) is 47.1 Å². The van der Waals surface area contributed by atoms with E-state index in [1.807, 2.05) is 0 Å². The molecular weight excluding hydrogens is 312 g/mol. The lowest BCUT2D eigenvalue weighted by molar-refractivity contribution is -0.385. The molecule has 8 heteroatoms. The molecule has 0 amide bonds. The Kier molecular flexibility index (Phi) is 7.07. The van der Waals surface area contributed by atoms with E-state index in [0.29, 0.717) is 26.0 Å². The van der Waals surface area contributed by atoms with Gasteiger partial charge < -0.3 is 9.84 Å². The number of nitrogens with zero attached hydrogens (tertiary/aromatic N) is 2. The van der Waals surface area contributed by atoms with E-state index in [1.54, 1.807) is 18.2 Å². The van der Waals surface area contributed by atoms with E-state index in [4.69, 9.17) is 9.84 Å². The molecule has 0 radical (unpaired) electrons. The number of carbonyl (C=O) groups is 1. The molecule has 0 bridgehead atoms. The summed E-state index contributed by atoms with van der Waals surface area (Å²) in [6, 6.07) is 6.28. The predicted molar refractivity (Wildman–Crippen MR) is 82.6 cm³/mol. The molecule has 0 unspecified atom stereocenters. The second-order valence-electron chi connectivity index (χ2n) is 5.03. The van der Waals surface area contributed by atoms with Crippen LogP contribution in [0.25, 0.3) is 0 Å². The van der Waals surface area contributed by atoms with Crippen LogP contribution in [0.1, 0.15) is 12.8 Å². The number of likely N-dealkylation sites (tertiary alicyclic amines) is 1. The highest BCUT2D eigenvalue weighted by Gasteiger charge is 2.24. The third-order valence-corrected chi connectivity index (χ3v) is 3.66. The molecule has 22 heavy (non-hydrogen) atoms. The van der Waals surface area contributed by atoms with E-state index in [0.717, 1.165) is 13.1 Å². The summed E-state index contributed by atoms with van der Waals surface area (Å²) in [5.41, 5.74) is -0.0397. The Balaban J connectivity index is 0.00000242. The standard InChI is InChI=1S/C14H18N2O5.ClH/c17-14(18)11-5-7-15(8-6-11)9-10-21-13-4-2-1-3-12(13)16(19)20;/h1-4,11H,5-10H2,(H,17,18);1H. The van der Waals surface area contributed by atoms with Crippen molar-refractivity contribution >= 4 is 24.1 Å². The first-order chi connectivity index (χ1) is 10.1. The Morgan fingerprint density at radius 2 is 2.00 bits per heavy atom. The number of piperidine rings is 1. The molecule has 0 aliphatic carbocycles. The minimum absolute atomic E-state index is 0. The van der Waals surface area contributed by atoms with Crippen molar-refractivity contribution in [1.29, 1.82) is 0 Å². The fraction of sp³-hybridized carbons (Fsp3) is 0.500. The van der Waals surface area contributed by atoms with Gasteiger partial charge in [-0.3, -0.25) is 19.8 Å². The summed E-state index contributed by atoms with van der Waals surface area (Å²) >= 11 is 0. The van der Waals surface area contributed by atoms with Gasteiger partial charge in [0, 0.05) is 12.6 Å². The van der Waals surface area contributed by atoms with Crippen molar-refractivity contribution in [3.8, 4) is 5.75 Å². The average molecular weight is 331 g/mol. The maximum atomic E-state index is 10.9. The van der Waals surface area contributed by atoms with Crippen molar-refractivity contribution in [2.24, 2.45) is 5.92 Å². The van der Waals surface area contributed by atoms with Crippen molar-refractivity contribution in [2.45, 2.75) is 12.8 Å². The van der Waals surface area contributed by atoms with E-state index in [2.05, 4.69) is 4.90 Å². The van der Waals surface area contributed by atoms with Gasteiger partial charge in [0.1, 0.15) is 6.61 Å². The first kappa shape index (κ1) is 18.2. The van der Waals surface area contributed by atoms with Gasteiger partial charge in [0.15, 0.2) is 5.75 Å².